The van der Waals surface area contributed by atoms with E-state index in [1.165, 1.54) is 11.3 Å². The fourth-order valence-corrected chi connectivity index (χ4v) is 2.17. The largest absolute Gasteiger partial charge is 0.382 e. The number of rotatable bonds is 5. The molecule has 2 heterocycles. The number of nitrogens with two attached hydrogens (primary N) is 1. The summed E-state index contributed by atoms with van der Waals surface area (Å²) in [6.45, 7) is 2.12. The van der Waals surface area contributed by atoms with Gasteiger partial charge in [-0.15, -0.1) is 0 Å². The predicted molar refractivity (Wildman–Crippen MR) is 71.1 cm³/mol. The number of aryl methyl sites for hydroxylation is 1. The second kappa shape index (κ2) is 5.65. The first-order valence-corrected chi connectivity index (χ1v) is 6.43. The van der Waals surface area contributed by atoms with Crippen molar-refractivity contribution in [2.24, 2.45) is 0 Å². The highest BCUT2D eigenvalue weighted by atomic mass is 32.1. The fraction of sp³-hybridized carbons (Fsp3) is 0.400. The van der Waals surface area contributed by atoms with Crippen LogP contribution >= 0.6 is 11.3 Å². The number of carbonyl (C=O) groups excluding carboxylic acids is 1. The second-order valence-corrected chi connectivity index (χ2v) is 4.72. The van der Waals surface area contributed by atoms with Gasteiger partial charge in [0.05, 0.1) is 0 Å². The lowest BCUT2D eigenvalue weighted by Gasteiger charge is -2.01. The molecule has 0 saturated carbocycles. The third kappa shape index (κ3) is 3.19. The molecule has 0 bridgehead atoms. The SMILES string of the molecule is CNc1nc(N)c(C(=O)NCCc2noc(C)n2)s1. The molecule has 2 aromatic rings. The molecule has 1 amide bonds. The zero-order valence-corrected chi connectivity index (χ0v) is 11.4. The van der Waals surface area contributed by atoms with Gasteiger partial charge in [-0.3, -0.25) is 4.79 Å². The van der Waals surface area contributed by atoms with Crippen molar-refractivity contribution >= 4 is 28.2 Å². The first-order valence-electron chi connectivity index (χ1n) is 5.61. The van der Waals surface area contributed by atoms with Crippen molar-refractivity contribution in [3.63, 3.8) is 0 Å². The molecule has 0 spiro atoms. The van der Waals surface area contributed by atoms with Crippen molar-refractivity contribution in [1.82, 2.24) is 20.4 Å². The molecule has 2 rings (SSSR count). The minimum Gasteiger partial charge on any atom is -0.382 e. The maximum absolute atomic E-state index is 11.9. The first kappa shape index (κ1) is 13.3. The smallest absolute Gasteiger partial charge is 0.265 e. The molecule has 102 valence electrons. The van der Waals surface area contributed by atoms with Crippen LogP contribution in [0, 0.1) is 6.92 Å². The summed E-state index contributed by atoms with van der Waals surface area (Å²) in [5.74, 6) is 1.04. The lowest BCUT2D eigenvalue weighted by molar-refractivity contribution is 0.0958. The molecule has 0 saturated heterocycles. The minimum absolute atomic E-state index is 0.224. The average molecular weight is 282 g/mol. The van der Waals surface area contributed by atoms with Crippen molar-refractivity contribution in [2.75, 3.05) is 24.6 Å². The topological polar surface area (TPSA) is 119 Å². The van der Waals surface area contributed by atoms with Crippen LogP contribution in [0.4, 0.5) is 10.9 Å². The molecule has 9 heteroatoms. The van der Waals surface area contributed by atoms with Crippen LogP contribution in [0.1, 0.15) is 21.4 Å². The van der Waals surface area contributed by atoms with Crippen LogP contribution in [0.5, 0.6) is 0 Å². The maximum atomic E-state index is 11.9. The van der Waals surface area contributed by atoms with E-state index >= 15 is 0 Å². The van der Waals surface area contributed by atoms with E-state index in [-0.39, 0.29) is 11.7 Å². The molecule has 0 unspecified atom stereocenters. The lowest BCUT2D eigenvalue weighted by atomic mass is 10.4. The van der Waals surface area contributed by atoms with E-state index in [0.29, 0.717) is 34.7 Å². The van der Waals surface area contributed by atoms with E-state index in [2.05, 4.69) is 25.8 Å². The Morgan fingerprint density at radius 3 is 2.84 bits per heavy atom. The molecule has 0 radical (unpaired) electrons. The Morgan fingerprint density at radius 2 is 2.26 bits per heavy atom. The van der Waals surface area contributed by atoms with E-state index < -0.39 is 0 Å². The van der Waals surface area contributed by atoms with Crippen molar-refractivity contribution in [2.45, 2.75) is 13.3 Å². The number of thiazole rings is 1. The summed E-state index contributed by atoms with van der Waals surface area (Å²) in [7, 11) is 1.72. The van der Waals surface area contributed by atoms with Gasteiger partial charge >= 0.3 is 0 Å². The first-order chi connectivity index (χ1) is 9.10. The molecular weight excluding hydrogens is 268 g/mol. The summed E-state index contributed by atoms with van der Waals surface area (Å²) in [6.07, 6.45) is 0.501. The number of nitrogens with one attached hydrogen (secondary N) is 2. The summed E-state index contributed by atoms with van der Waals surface area (Å²) in [5.41, 5.74) is 5.66. The zero-order chi connectivity index (χ0) is 13.8. The third-order valence-corrected chi connectivity index (χ3v) is 3.36. The Morgan fingerprint density at radius 1 is 1.47 bits per heavy atom. The highest BCUT2D eigenvalue weighted by Crippen LogP contribution is 2.24. The van der Waals surface area contributed by atoms with Gasteiger partial charge < -0.3 is 20.9 Å². The molecule has 0 aliphatic heterocycles. The fourth-order valence-electron chi connectivity index (χ4n) is 1.41. The van der Waals surface area contributed by atoms with Crippen molar-refractivity contribution < 1.29 is 9.32 Å². The minimum atomic E-state index is -0.253. The number of hydrogen-bond acceptors (Lipinski definition) is 8. The van der Waals surface area contributed by atoms with Crippen LogP contribution in [0.2, 0.25) is 0 Å². The second-order valence-electron chi connectivity index (χ2n) is 3.72. The van der Waals surface area contributed by atoms with Gasteiger partial charge in [0, 0.05) is 26.9 Å². The summed E-state index contributed by atoms with van der Waals surface area (Å²) in [5, 5.41) is 9.93. The van der Waals surface area contributed by atoms with Crippen LogP contribution in [0.25, 0.3) is 0 Å². The van der Waals surface area contributed by atoms with Gasteiger partial charge in [0.15, 0.2) is 11.0 Å². The number of anilines is 2. The van der Waals surface area contributed by atoms with Gasteiger partial charge in [-0.25, -0.2) is 4.98 Å². The van der Waals surface area contributed by atoms with Crippen molar-refractivity contribution in [1.29, 1.82) is 0 Å². The highest BCUT2D eigenvalue weighted by Gasteiger charge is 2.15. The van der Waals surface area contributed by atoms with E-state index in [9.17, 15) is 4.79 Å². The van der Waals surface area contributed by atoms with Gasteiger partial charge in [-0.2, -0.15) is 4.98 Å². The number of amides is 1. The third-order valence-electron chi connectivity index (χ3n) is 2.28. The quantitative estimate of drug-likeness (QED) is 0.727. The zero-order valence-electron chi connectivity index (χ0n) is 10.6. The highest BCUT2D eigenvalue weighted by molar-refractivity contribution is 7.18. The van der Waals surface area contributed by atoms with Gasteiger partial charge in [0.1, 0.15) is 10.7 Å². The Bertz CT molecular complexity index is 578. The Balaban J connectivity index is 1.88. The van der Waals surface area contributed by atoms with Crippen LogP contribution in [-0.2, 0) is 6.42 Å². The molecule has 0 atom stereocenters. The van der Waals surface area contributed by atoms with Gasteiger partial charge in [-0.1, -0.05) is 16.5 Å². The molecule has 0 fully saturated rings. The molecule has 2 aromatic heterocycles. The summed E-state index contributed by atoms with van der Waals surface area (Å²) in [4.78, 5) is 20.3. The van der Waals surface area contributed by atoms with E-state index in [1.54, 1.807) is 14.0 Å². The number of carbonyl (C=O) groups is 1. The standard InChI is InChI=1S/C10H14N6O2S/c1-5-14-6(16-18-5)3-4-13-9(17)7-8(11)15-10(12-2)19-7/h3-4,11H2,1-2H3,(H,12,15)(H,13,17). The van der Waals surface area contributed by atoms with E-state index in [4.69, 9.17) is 10.3 Å². The van der Waals surface area contributed by atoms with Gasteiger partial charge in [-0.05, 0) is 0 Å². The van der Waals surface area contributed by atoms with Gasteiger partial charge in [0.25, 0.3) is 5.91 Å². The molecule has 0 aliphatic carbocycles. The van der Waals surface area contributed by atoms with Gasteiger partial charge in [0.2, 0.25) is 5.89 Å². The molecule has 0 aromatic carbocycles. The molecule has 0 aliphatic rings. The maximum Gasteiger partial charge on any atom is 0.265 e. The average Bonchev–Trinajstić information content (AvgIpc) is 2.95. The molecule has 8 nitrogen and oxygen atoms in total. The molecular formula is C10H14N6O2S. The van der Waals surface area contributed by atoms with Crippen LogP contribution in [0.15, 0.2) is 4.52 Å². The number of aromatic nitrogens is 3. The Labute approximate surface area is 113 Å². The van der Waals surface area contributed by atoms with Crippen LogP contribution in [0.3, 0.4) is 0 Å². The number of hydrogen-bond donors (Lipinski definition) is 3. The lowest BCUT2D eigenvalue weighted by Crippen LogP contribution is -2.25. The normalized spacial score (nSPS) is 10.4. The predicted octanol–water partition coefficient (Wildman–Crippen LogP) is 0.431. The Hall–Kier alpha value is -2.16. The summed E-state index contributed by atoms with van der Waals surface area (Å²) >= 11 is 1.21. The Kier molecular flexibility index (Phi) is 3.95. The molecule has 19 heavy (non-hydrogen) atoms. The monoisotopic (exact) mass is 282 g/mol. The van der Waals surface area contributed by atoms with Crippen LogP contribution < -0.4 is 16.4 Å². The number of nitrogens with zero attached hydrogens (tertiary/aromatic N) is 3. The van der Waals surface area contributed by atoms with Crippen LogP contribution in [-0.4, -0.2) is 34.6 Å². The molecule has 4 N–H and O–H groups in total. The summed E-state index contributed by atoms with van der Waals surface area (Å²) in [6, 6.07) is 0. The van der Waals surface area contributed by atoms with Crippen molar-refractivity contribution in [3.8, 4) is 0 Å². The van der Waals surface area contributed by atoms with E-state index in [1.807, 2.05) is 0 Å². The summed E-state index contributed by atoms with van der Waals surface area (Å²) < 4.78 is 4.83. The van der Waals surface area contributed by atoms with E-state index in [0.717, 1.165) is 0 Å². The number of nitrogen functional groups attached to an aromatic ring is 1. The van der Waals surface area contributed by atoms with Crippen molar-refractivity contribution in [3.05, 3.63) is 16.6 Å².